The third kappa shape index (κ3) is 3.17. The van der Waals surface area contributed by atoms with E-state index in [4.69, 9.17) is 9.84 Å². The summed E-state index contributed by atoms with van der Waals surface area (Å²) in [5.74, 6) is 0. The molecule has 17 heavy (non-hydrogen) atoms. The molecule has 1 unspecified atom stereocenters. The van der Waals surface area contributed by atoms with E-state index < -0.39 is 12.4 Å². The number of nitrogens with zero attached hydrogens (tertiary/aromatic N) is 3. The lowest BCUT2D eigenvalue weighted by atomic mass is 10.3. The fourth-order valence-electron chi connectivity index (χ4n) is 1.68. The fourth-order valence-corrected chi connectivity index (χ4v) is 1.68. The molecule has 0 amide bonds. The Morgan fingerprint density at radius 3 is 3.06 bits per heavy atom. The van der Waals surface area contributed by atoms with E-state index in [1.54, 1.807) is 23.6 Å². The Morgan fingerprint density at radius 2 is 2.35 bits per heavy atom. The van der Waals surface area contributed by atoms with Crippen molar-refractivity contribution in [2.45, 2.75) is 19.1 Å². The van der Waals surface area contributed by atoms with E-state index in [9.17, 15) is 4.79 Å². The highest BCUT2D eigenvalue weighted by molar-refractivity contribution is 5.78. The Morgan fingerprint density at radius 1 is 1.59 bits per heavy atom. The lowest BCUT2D eigenvalue weighted by Gasteiger charge is -2.19. The van der Waals surface area contributed by atoms with Crippen molar-refractivity contribution >= 4 is 12.4 Å². The molecule has 1 aromatic rings. The number of aromatic nitrogens is 1. The van der Waals surface area contributed by atoms with E-state index in [-0.39, 0.29) is 0 Å². The number of hydrazone groups is 1. The largest absolute Gasteiger partial charge is 0.507 e. The molecular formula is C11H13N3O3. The summed E-state index contributed by atoms with van der Waals surface area (Å²) in [7, 11) is 0. The van der Waals surface area contributed by atoms with Gasteiger partial charge in [-0.1, -0.05) is 0 Å². The van der Waals surface area contributed by atoms with Gasteiger partial charge in [-0.15, -0.1) is 0 Å². The van der Waals surface area contributed by atoms with Gasteiger partial charge in [0.25, 0.3) is 0 Å². The summed E-state index contributed by atoms with van der Waals surface area (Å²) >= 11 is 0. The van der Waals surface area contributed by atoms with Gasteiger partial charge in [-0.2, -0.15) is 5.10 Å². The Balaban J connectivity index is 1.98. The van der Waals surface area contributed by atoms with Crippen molar-refractivity contribution < 1.29 is 14.6 Å². The van der Waals surface area contributed by atoms with Gasteiger partial charge in [-0.3, -0.25) is 9.99 Å². The number of rotatable bonds is 3. The first kappa shape index (κ1) is 11.4. The molecule has 1 aromatic heterocycles. The Kier molecular flexibility index (Phi) is 3.54. The standard InChI is InChI=1S/C11H13N3O3/c15-11(16)17-10-2-1-7-14(10)13-8-9-3-5-12-6-4-9/h3-6,8,10H,1-2,7H2,(H,15,16). The average molecular weight is 235 g/mol. The number of pyridine rings is 1. The van der Waals surface area contributed by atoms with Crippen molar-refractivity contribution in [1.29, 1.82) is 0 Å². The zero-order valence-electron chi connectivity index (χ0n) is 9.19. The van der Waals surface area contributed by atoms with E-state index in [1.807, 2.05) is 12.1 Å². The number of ether oxygens (including phenoxy) is 1. The second kappa shape index (κ2) is 5.29. The van der Waals surface area contributed by atoms with E-state index in [1.165, 1.54) is 0 Å². The summed E-state index contributed by atoms with van der Waals surface area (Å²) in [6.45, 7) is 0.708. The molecule has 6 nitrogen and oxygen atoms in total. The van der Waals surface area contributed by atoms with Crippen LogP contribution < -0.4 is 0 Å². The molecule has 1 saturated heterocycles. The van der Waals surface area contributed by atoms with Crippen LogP contribution in [0.15, 0.2) is 29.6 Å². The van der Waals surface area contributed by atoms with Gasteiger partial charge in [-0.05, 0) is 24.1 Å². The minimum atomic E-state index is -1.26. The van der Waals surface area contributed by atoms with Crippen LogP contribution in [0, 0.1) is 0 Å². The first-order chi connectivity index (χ1) is 8.25. The van der Waals surface area contributed by atoms with E-state index >= 15 is 0 Å². The summed E-state index contributed by atoms with van der Waals surface area (Å²) in [5.41, 5.74) is 0.918. The van der Waals surface area contributed by atoms with Crippen LogP contribution in [0.3, 0.4) is 0 Å². The smallest absolute Gasteiger partial charge is 0.450 e. The second-order valence-corrected chi connectivity index (χ2v) is 3.67. The van der Waals surface area contributed by atoms with Crippen LogP contribution in [-0.2, 0) is 4.74 Å². The maximum absolute atomic E-state index is 10.5. The molecule has 0 bridgehead atoms. The van der Waals surface area contributed by atoms with Crippen molar-refractivity contribution in [3.8, 4) is 0 Å². The summed E-state index contributed by atoms with van der Waals surface area (Å²) in [4.78, 5) is 14.4. The zero-order valence-corrected chi connectivity index (χ0v) is 9.19. The van der Waals surface area contributed by atoms with Crippen LogP contribution in [0.25, 0.3) is 0 Å². The lowest BCUT2D eigenvalue weighted by Crippen LogP contribution is -2.29. The van der Waals surface area contributed by atoms with Crippen molar-refractivity contribution in [2.24, 2.45) is 5.10 Å². The maximum Gasteiger partial charge on any atom is 0.507 e. The molecule has 1 aliphatic rings. The van der Waals surface area contributed by atoms with E-state index in [2.05, 4.69) is 10.1 Å². The monoisotopic (exact) mass is 235 g/mol. The number of hydrogen-bond donors (Lipinski definition) is 1. The van der Waals surface area contributed by atoms with Crippen molar-refractivity contribution in [1.82, 2.24) is 9.99 Å². The molecule has 0 saturated carbocycles. The molecule has 0 radical (unpaired) electrons. The molecule has 1 aliphatic heterocycles. The second-order valence-electron chi connectivity index (χ2n) is 3.67. The highest BCUT2D eigenvalue weighted by Gasteiger charge is 2.26. The molecule has 1 fully saturated rings. The predicted molar refractivity (Wildman–Crippen MR) is 60.7 cm³/mol. The minimum absolute atomic E-state index is 0.467. The first-order valence-corrected chi connectivity index (χ1v) is 5.36. The third-order valence-corrected chi connectivity index (χ3v) is 2.47. The Labute approximate surface area is 98.5 Å². The molecule has 0 spiro atoms. The number of hydrogen-bond acceptors (Lipinski definition) is 5. The third-order valence-electron chi connectivity index (χ3n) is 2.47. The predicted octanol–water partition coefficient (Wildman–Crippen LogP) is 1.53. The van der Waals surface area contributed by atoms with Crippen molar-refractivity contribution in [2.75, 3.05) is 6.54 Å². The number of carbonyl (C=O) groups is 1. The molecule has 0 aromatic carbocycles. The van der Waals surface area contributed by atoms with Crippen LogP contribution in [0.4, 0.5) is 4.79 Å². The van der Waals surface area contributed by atoms with Crippen LogP contribution in [0.5, 0.6) is 0 Å². The highest BCUT2D eigenvalue weighted by Crippen LogP contribution is 2.18. The van der Waals surface area contributed by atoms with E-state index in [0.29, 0.717) is 13.0 Å². The fraction of sp³-hybridized carbons (Fsp3) is 0.364. The molecule has 1 atom stereocenters. The molecule has 2 heterocycles. The summed E-state index contributed by atoms with van der Waals surface area (Å²) in [5, 5.41) is 14.4. The SMILES string of the molecule is O=C(O)OC1CCCN1N=Cc1ccncc1. The molecular weight excluding hydrogens is 222 g/mol. The van der Waals surface area contributed by atoms with Gasteiger partial charge in [0, 0.05) is 25.4 Å². The van der Waals surface area contributed by atoms with Crippen molar-refractivity contribution in [3.63, 3.8) is 0 Å². The van der Waals surface area contributed by atoms with Crippen LogP contribution in [0.2, 0.25) is 0 Å². The van der Waals surface area contributed by atoms with Gasteiger partial charge in [0.2, 0.25) is 0 Å². The first-order valence-electron chi connectivity index (χ1n) is 5.36. The maximum atomic E-state index is 10.5. The van der Waals surface area contributed by atoms with Gasteiger partial charge >= 0.3 is 6.16 Å². The summed E-state index contributed by atoms with van der Waals surface area (Å²) in [6, 6.07) is 3.65. The molecule has 0 aliphatic carbocycles. The van der Waals surface area contributed by atoms with Gasteiger partial charge in [0.15, 0.2) is 6.23 Å². The summed E-state index contributed by atoms with van der Waals surface area (Å²) < 4.78 is 4.73. The van der Waals surface area contributed by atoms with Crippen LogP contribution in [-0.4, -0.2) is 40.2 Å². The highest BCUT2D eigenvalue weighted by atomic mass is 16.7. The molecule has 1 N–H and O–H groups in total. The van der Waals surface area contributed by atoms with Crippen molar-refractivity contribution in [3.05, 3.63) is 30.1 Å². The minimum Gasteiger partial charge on any atom is -0.450 e. The van der Waals surface area contributed by atoms with E-state index in [0.717, 1.165) is 12.0 Å². The summed E-state index contributed by atoms with van der Waals surface area (Å²) in [6.07, 6.45) is 4.86. The van der Waals surface area contributed by atoms with Crippen LogP contribution in [0.1, 0.15) is 18.4 Å². The Bertz CT molecular complexity index is 408. The lowest BCUT2D eigenvalue weighted by molar-refractivity contribution is -0.0123. The van der Waals surface area contributed by atoms with Gasteiger partial charge in [-0.25, -0.2) is 4.79 Å². The van der Waals surface area contributed by atoms with Gasteiger partial charge < -0.3 is 9.84 Å². The Hall–Kier alpha value is -2.11. The average Bonchev–Trinajstić information content (AvgIpc) is 2.74. The van der Waals surface area contributed by atoms with Gasteiger partial charge in [0.1, 0.15) is 0 Å². The van der Waals surface area contributed by atoms with Gasteiger partial charge in [0.05, 0.1) is 6.21 Å². The number of carboxylic acid groups (broad SMARTS) is 1. The molecule has 90 valence electrons. The molecule has 2 rings (SSSR count). The quantitative estimate of drug-likeness (QED) is 0.635. The normalized spacial score (nSPS) is 19.8. The zero-order chi connectivity index (χ0) is 12.1. The molecule has 6 heteroatoms. The topological polar surface area (TPSA) is 75.0 Å². The van der Waals surface area contributed by atoms with Crippen LogP contribution >= 0.6 is 0 Å².